The van der Waals surface area contributed by atoms with Gasteiger partial charge in [-0.25, -0.2) is 0 Å². The van der Waals surface area contributed by atoms with Gasteiger partial charge in [-0.1, -0.05) is 30.7 Å². The monoisotopic (exact) mass is 337 g/mol. The Morgan fingerprint density at radius 2 is 1.89 bits per heavy atom. The average molecular weight is 338 g/mol. The molecule has 1 heterocycles. The summed E-state index contributed by atoms with van der Waals surface area (Å²) in [6.45, 7) is 9.66. The summed E-state index contributed by atoms with van der Waals surface area (Å²) in [5, 5.41) is 3.62. The molecular weight excluding hydrogens is 318 g/mol. The van der Waals surface area contributed by atoms with Crippen LogP contribution in [-0.2, 0) is 0 Å². The number of hydrogen-bond acceptors (Lipinski definition) is 2. The van der Waals surface area contributed by atoms with E-state index in [4.69, 9.17) is 0 Å². The minimum atomic E-state index is 0.285. The average Bonchev–Trinajstić information content (AvgIpc) is 2.69. The smallest absolute Gasteiger partial charge is 0.0704 e. The van der Waals surface area contributed by atoms with Gasteiger partial charge in [0.15, 0.2) is 0 Å². The van der Waals surface area contributed by atoms with Crippen LogP contribution in [0.2, 0.25) is 0 Å². The van der Waals surface area contributed by atoms with Crippen molar-refractivity contribution < 1.29 is 0 Å². The molecule has 0 spiro atoms. The summed E-state index contributed by atoms with van der Waals surface area (Å²) in [6, 6.07) is 9.22. The lowest BCUT2D eigenvalue weighted by Crippen LogP contribution is -2.23. The lowest BCUT2D eigenvalue weighted by molar-refractivity contribution is 0.626. The van der Waals surface area contributed by atoms with Crippen LogP contribution in [0, 0.1) is 20.8 Å². The molecule has 1 aromatic carbocycles. The van der Waals surface area contributed by atoms with Crippen LogP contribution in [0.15, 0.2) is 28.1 Å². The Hall–Kier alpha value is -0.640. The third-order valence-electron chi connectivity index (χ3n) is 3.39. The topological polar surface area (TPSA) is 12.0 Å². The highest BCUT2D eigenvalue weighted by atomic mass is 79.9. The summed E-state index contributed by atoms with van der Waals surface area (Å²) in [4.78, 5) is 1.37. The van der Waals surface area contributed by atoms with Gasteiger partial charge in [-0.2, -0.15) is 0 Å². The maximum absolute atomic E-state index is 3.62. The first-order valence-electron chi connectivity index (χ1n) is 6.59. The molecule has 0 aliphatic carbocycles. The van der Waals surface area contributed by atoms with Gasteiger partial charge in [-0.15, -0.1) is 11.3 Å². The molecule has 1 unspecified atom stereocenters. The van der Waals surface area contributed by atoms with Gasteiger partial charge >= 0.3 is 0 Å². The van der Waals surface area contributed by atoms with Crippen LogP contribution in [0.25, 0.3) is 0 Å². The third kappa shape index (κ3) is 3.28. The number of aryl methyl sites for hydroxylation is 3. The normalized spacial score (nSPS) is 12.7. The summed E-state index contributed by atoms with van der Waals surface area (Å²) in [5.41, 5.74) is 5.43. The molecule has 2 rings (SSSR count). The standard InChI is InChI=1S/C16H20BrNS/c1-5-18-16(14-9-15(17)19-12(14)4)13-8-10(2)6-7-11(13)3/h6-9,16,18H,5H2,1-4H3. The molecule has 102 valence electrons. The predicted molar refractivity (Wildman–Crippen MR) is 88.2 cm³/mol. The van der Waals surface area contributed by atoms with E-state index in [1.807, 2.05) is 0 Å². The number of benzene rings is 1. The van der Waals surface area contributed by atoms with Crippen molar-refractivity contribution >= 4 is 27.3 Å². The van der Waals surface area contributed by atoms with Gasteiger partial charge in [-0.3, -0.25) is 0 Å². The Morgan fingerprint density at radius 3 is 2.47 bits per heavy atom. The molecular formula is C16H20BrNS. The molecule has 0 bridgehead atoms. The Balaban J connectivity index is 2.51. The number of thiophene rings is 1. The van der Waals surface area contributed by atoms with Crippen molar-refractivity contribution in [3.63, 3.8) is 0 Å². The molecule has 1 N–H and O–H groups in total. The molecule has 1 aromatic heterocycles. The molecule has 0 fully saturated rings. The summed E-state index contributed by atoms with van der Waals surface area (Å²) >= 11 is 5.40. The molecule has 1 nitrogen and oxygen atoms in total. The highest BCUT2D eigenvalue weighted by molar-refractivity contribution is 9.11. The van der Waals surface area contributed by atoms with E-state index in [0.717, 1.165) is 6.54 Å². The van der Waals surface area contributed by atoms with Gasteiger partial charge in [0.05, 0.1) is 9.83 Å². The number of nitrogens with one attached hydrogen (secondary N) is 1. The number of hydrogen-bond donors (Lipinski definition) is 1. The van der Waals surface area contributed by atoms with Gasteiger partial charge in [0.25, 0.3) is 0 Å². The van der Waals surface area contributed by atoms with Gasteiger partial charge in [0.1, 0.15) is 0 Å². The quantitative estimate of drug-likeness (QED) is 0.814. The van der Waals surface area contributed by atoms with Crippen molar-refractivity contribution in [3.05, 3.63) is 55.2 Å². The first-order chi connectivity index (χ1) is 9.02. The van der Waals surface area contributed by atoms with Crippen molar-refractivity contribution in [2.45, 2.75) is 33.7 Å². The zero-order chi connectivity index (χ0) is 14.0. The number of rotatable bonds is 4. The van der Waals surface area contributed by atoms with Crippen LogP contribution < -0.4 is 5.32 Å². The molecule has 3 heteroatoms. The van der Waals surface area contributed by atoms with E-state index in [1.54, 1.807) is 11.3 Å². The molecule has 0 saturated carbocycles. The Morgan fingerprint density at radius 1 is 1.16 bits per heavy atom. The van der Waals surface area contributed by atoms with Crippen molar-refractivity contribution in [3.8, 4) is 0 Å². The second kappa shape index (κ2) is 6.21. The fourth-order valence-corrected chi connectivity index (χ4v) is 4.16. The molecule has 0 saturated heterocycles. The first-order valence-corrected chi connectivity index (χ1v) is 8.20. The molecule has 19 heavy (non-hydrogen) atoms. The lowest BCUT2D eigenvalue weighted by Gasteiger charge is -2.21. The van der Waals surface area contributed by atoms with Crippen LogP contribution in [0.3, 0.4) is 0 Å². The predicted octanol–water partition coefficient (Wildman–Crippen LogP) is 5.13. The molecule has 0 amide bonds. The zero-order valence-electron chi connectivity index (χ0n) is 11.9. The maximum atomic E-state index is 3.62. The molecule has 1 atom stereocenters. The van der Waals surface area contributed by atoms with Crippen LogP contribution in [0.1, 0.15) is 40.1 Å². The fourth-order valence-electron chi connectivity index (χ4n) is 2.41. The lowest BCUT2D eigenvalue weighted by atomic mass is 9.94. The highest BCUT2D eigenvalue weighted by Gasteiger charge is 2.19. The van der Waals surface area contributed by atoms with Crippen molar-refractivity contribution in [1.82, 2.24) is 5.32 Å². The molecule has 2 aromatic rings. The van der Waals surface area contributed by atoms with E-state index in [0.29, 0.717) is 0 Å². The van der Waals surface area contributed by atoms with E-state index < -0.39 is 0 Å². The summed E-state index contributed by atoms with van der Waals surface area (Å²) in [6.07, 6.45) is 0. The van der Waals surface area contributed by atoms with E-state index in [-0.39, 0.29) is 6.04 Å². The second-order valence-corrected chi connectivity index (χ2v) is 7.55. The van der Waals surface area contributed by atoms with Gasteiger partial charge in [-0.05, 0) is 66.0 Å². The maximum Gasteiger partial charge on any atom is 0.0704 e. The van der Waals surface area contributed by atoms with Gasteiger partial charge in [0.2, 0.25) is 0 Å². The largest absolute Gasteiger partial charge is 0.306 e. The van der Waals surface area contributed by atoms with Crippen LogP contribution in [0.4, 0.5) is 0 Å². The van der Waals surface area contributed by atoms with E-state index in [9.17, 15) is 0 Å². The fraction of sp³-hybridized carbons (Fsp3) is 0.375. The first kappa shape index (κ1) is 14.8. The Bertz CT molecular complexity index is 574. The van der Waals surface area contributed by atoms with Crippen LogP contribution in [0.5, 0.6) is 0 Å². The van der Waals surface area contributed by atoms with Crippen LogP contribution in [-0.4, -0.2) is 6.54 Å². The van der Waals surface area contributed by atoms with E-state index in [2.05, 4.69) is 73.2 Å². The van der Waals surface area contributed by atoms with Crippen molar-refractivity contribution in [1.29, 1.82) is 0 Å². The summed E-state index contributed by atoms with van der Waals surface area (Å²) in [5.74, 6) is 0. The van der Waals surface area contributed by atoms with Gasteiger partial charge in [0, 0.05) is 4.88 Å². The van der Waals surface area contributed by atoms with Crippen molar-refractivity contribution in [2.24, 2.45) is 0 Å². The minimum absolute atomic E-state index is 0.285. The third-order valence-corrected chi connectivity index (χ3v) is 4.96. The molecule has 0 aliphatic rings. The van der Waals surface area contributed by atoms with Gasteiger partial charge < -0.3 is 5.32 Å². The second-order valence-electron chi connectivity index (χ2n) is 4.91. The Labute approximate surface area is 128 Å². The van der Waals surface area contributed by atoms with Crippen molar-refractivity contribution in [2.75, 3.05) is 6.54 Å². The summed E-state index contributed by atoms with van der Waals surface area (Å²) < 4.78 is 1.20. The minimum Gasteiger partial charge on any atom is -0.306 e. The zero-order valence-corrected chi connectivity index (χ0v) is 14.3. The molecule has 0 aliphatic heterocycles. The van der Waals surface area contributed by atoms with E-state index >= 15 is 0 Å². The summed E-state index contributed by atoms with van der Waals surface area (Å²) in [7, 11) is 0. The number of halogens is 1. The van der Waals surface area contributed by atoms with E-state index in [1.165, 1.54) is 30.9 Å². The van der Waals surface area contributed by atoms with Crippen LogP contribution >= 0.6 is 27.3 Å². The Kier molecular flexibility index (Phi) is 4.82. The molecule has 0 radical (unpaired) electrons. The highest BCUT2D eigenvalue weighted by Crippen LogP contribution is 2.34. The SMILES string of the molecule is CCNC(c1cc(C)ccc1C)c1cc(Br)sc1C.